The topological polar surface area (TPSA) is 127 Å². The molecule has 0 unspecified atom stereocenters. The quantitative estimate of drug-likeness (QED) is 0.383. The number of nitrogens with one attached hydrogen (secondary N) is 2. The maximum absolute atomic E-state index is 11.4. The zero-order valence-electron chi connectivity index (χ0n) is 16.1. The molecule has 4 N–H and O–H groups in total. The van der Waals surface area contributed by atoms with Gasteiger partial charge in [0.1, 0.15) is 0 Å². The zero-order chi connectivity index (χ0) is 20.9. The van der Waals surface area contributed by atoms with E-state index in [2.05, 4.69) is 10.6 Å². The molecule has 2 aromatic carbocycles. The van der Waals surface area contributed by atoms with Gasteiger partial charge in [-0.3, -0.25) is 19.7 Å². The summed E-state index contributed by atoms with van der Waals surface area (Å²) in [6.07, 6.45) is 1.80. The molecule has 0 saturated heterocycles. The molecule has 8 heteroatoms. The molecule has 150 valence electrons. The second kappa shape index (κ2) is 12.1. The predicted octanol–water partition coefficient (Wildman–Crippen LogP) is 3.14. The molecule has 0 aromatic heterocycles. The van der Waals surface area contributed by atoms with E-state index in [1.54, 1.807) is 24.3 Å². The minimum absolute atomic E-state index is 0.0120. The Balaban J connectivity index is 0.000000283. The van der Waals surface area contributed by atoms with Crippen LogP contribution in [0.5, 0.6) is 0 Å². The summed E-state index contributed by atoms with van der Waals surface area (Å²) in [4.78, 5) is 32.6. The Hall–Kier alpha value is -3.42. The molecule has 0 aliphatic rings. The molecule has 0 fully saturated rings. The summed E-state index contributed by atoms with van der Waals surface area (Å²) in [5, 5.41) is 15.8. The lowest BCUT2D eigenvalue weighted by Crippen LogP contribution is -2.23. The van der Waals surface area contributed by atoms with Gasteiger partial charge in [0.2, 0.25) is 0 Å². The van der Waals surface area contributed by atoms with Gasteiger partial charge in [0.15, 0.2) is 0 Å². The molecule has 0 radical (unpaired) electrons. The van der Waals surface area contributed by atoms with E-state index in [1.165, 1.54) is 24.3 Å². The number of nitro benzene ring substituents is 1. The Morgan fingerprint density at radius 2 is 1.25 bits per heavy atom. The highest BCUT2D eigenvalue weighted by molar-refractivity contribution is 5.94. The molecule has 0 heterocycles. The highest BCUT2D eigenvalue weighted by Crippen LogP contribution is 2.11. The lowest BCUT2D eigenvalue weighted by Gasteiger charge is -2.02. The molecular formula is C20H26N4O4. The number of non-ortho nitro benzene ring substituents is 1. The third kappa shape index (κ3) is 7.86. The average molecular weight is 386 g/mol. The molecule has 0 aliphatic carbocycles. The standard InChI is InChI=1S/C10H12N2O3.C10H14N2O/c1-2-7-11-10(13)8-3-5-9(6-4-8)12(14)15;1-2-7-12-10(13)8-3-5-9(11)6-4-8/h3-6H,2,7H2,1H3,(H,11,13);3-6H,2,7,11H2,1H3,(H,12,13). The Bertz CT molecular complexity index is 774. The lowest BCUT2D eigenvalue weighted by atomic mass is 10.2. The first-order valence-electron chi connectivity index (χ1n) is 9.05. The molecule has 2 amide bonds. The monoisotopic (exact) mass is 386 g/mol. The van der Waals surface area contributed by atoms with Crippen molar-refractivity contribution in [2.24, 2.45) is 0 Å². The van der Waals surface area contributed by atoms with E-state index in [0.717, 1.165) is 12.8 Å². The van der Waals surface area contributed by atoms with Crippen molar-refractivity contribution in [3.8, 4) is 0 Å². The number of nitrogen functional groups attached to an aromatic ring is 1. The van der Waals surface area contributed by atoms with Crippen LogP contribution in [0.2, 0.25) is 0 Å². The van der Waals surface area contributed by atoms with E-state index in [0.29, 0.717) is 29.9 Å². The van der Waals surface area contributed by atoms with Crippen molar-refractivity contribution in [1.82, 2.24) is 10.6 Å². The van der Waals surface area contributed by atoms with E-state index in [4.69, 9.17) is 5.73 Å². The van der Waals surface area contributed by atoms with Gasteiger partial charge in [0, 0.05) is 42.0 Å². The van der Waals surface area contributed by atoms with Gasteiger partial charge in [-0.05, 0) is 49.2 Å². The van der Waals surface area contributed by atoms with Crippen molar-refractivity contribution in [2.75, 3.05) is 18.8 Å². The van der Waals surface area contributed by atoms with Gasteiger partial charge in [0.05, 0.1) is 4.92 Å². The van der Waals surface area contributed by atoms with Crippen LogP contribution in [0.3, 0.4) is 0 Å². The van der Waals surface area contributed by atoms with Crippen LogP contribution in [0.4, 0.5) is 11.4 Å². The maximum atomic E-state index is 11.4. The van der Waals surface area contributed by atoms with Crippen molar-refractivity contribution in [1.29, 1.82) is 0 Å². The highest BCUT2D eigenvalue weighted by Gasteiger charge is 2.08. The molecular weight excluding hydrogens is 360 g/mol. The Kier molecular flexibility index (Phi) is 9.74. The molecule has 2 rings (SSSR count). The second-order valence-electron chi connectivity index (χ2n) is 5.94. The van der Waals surface area contributed by atoms with Crippen LogP contribution >= 0.6 is 0 Å². The van der Waals surface area contributed by atoms with Gasteiger partial charge in [-0.15, -0.1) is 0 Å². The third-order valence-electron chi connectivity index (χ3n) is 3.58. The molecule has 0 saturated carbocycles. The molecule has 8 nitrogen and oxygen atoms in total. The number of amides is 2. The van der Waals surface area contributed by atoms with Crippen LogP contribution in [0.15, 0.2) is 48.5 Å². The Morgan fingerprint density at radius 3 is 1.61 bits per heavy atom. The first-order valence-corrected chi connectivity index (χ1v) is 9.05. The number of benzene rings is 2. The van der Waals surface area contributed by atoms with Gasteiger partial charge in [0.25, 0.3) is 17.5 Å². The summed E-state index contributed by atoms with van der Waals surface area (Å²) >= 11 is 0. The smallest absolute Gasteiger partial charge is 0.269 e. The van der Waals surface area contributed by atoms with E-state index in [-0.39, 0.29) is 17.5 Å². The van der Waals surface area contributed by atoms with Gasteiger partial charge in [-0.1, -0.05) is 13.8 Å². The van der Waals surface area contributed by atoms with E-state index in [1.807, 2.05) is 13.8 Å². The molecule has 0 aliphatic heterocycles. The number of nitrogens with two attached hydrogens (primary N) is 1. The predicted molar refractivity (Wildman–Crippen MR) is 109 cm³/mol. The van der Waals surface area contributed by atoms with E-state index < -0.39 is 4.92 Å². The summed E-state index contributed by atoms with van der Waals surface area (Å²) in [5.74, 6) is -0.242. The van der Waals surface area contributed by atoms with Gasteiger partial charge >= 0.3 is 0 Å². The number of rotatable bonds is 7. The largest absolute Gasteiger partial charge is 0.399 e. The van der Waals surface area contributed by atoms with Gasteiger partial charge < -0.3 is 16.4 Å². The van der Waals surface area contributed by atoms with Crippen LogP contribution in [0.1, 0.15) is 47.4 Å². The summed E-state index contributed by atoms with van der Waals surface area (Å²) in [6, 6.07) is 12.4. The first-order chi connectivity index (χ1) is 13.4. The second-order valence-corrected chi connectivity index (χ2v) is 5.94. The van der Waals surface area contributed by atoms with Crippen molar-refractivity contribution < 1.29 is 14.5 Å². The zero-order valence-corrected chi connectivity index (χ0v) is 16.1. The normalized spacial score (nSPS) is 9.64. The SMILES string of the molecule is CCCNC(=O)c1ccc(N)cc1.CCCNC(=O)c1ccc([N+](=O)[O-])cc1. The molecule has 28 heavy (non-hydrogen) atoms. The van der Waals surface area contributed by atoms with Crippen molar-refractivity contribution in [2.45, 2.75) is 26.7 Å². The minimum Gasteiger partial charge on any atom is -0.399 e. The number of carbonyl (C=O) groups is 2. The van der Waals surface area contributed by atoms with Gasteiger partial charge in [-0.25, -0.2) is 0 Å². The third-order valence-corrected chi connectivity index (χ3v) is 3.58. The molecule has 2 aromatic rings. The average Bonchev–Trinajstić information content (AvgIpc) is 2.71. The fraction of sp³-hybridized carbons (Fsp3) is 0.300. The number of nitrogens with zero attached hydrogens (tertiary/aromatic N) is 1. The number of hydrogen-bond donors (Lipinski definition) is 3. The Labute approximate surface area is 164 Å². The number of anilines is 1. The molecule has 0 spiro atoms. The van der Waals surface area contributed by atoms with Crippen LogP contribution < -0.4 is 16.4 Å². The number of nitro groups is 1. The summed E-state index contributed by atoms with van der Waals surface area (Å²) in [6.45, 7) is 5.29. The van der Waals surface area contributed by atoms with Crippen molar-refractivity contribution >= 4 is 23.2 Å². The number of carbonyl (C=O) groups excluding carboxylic acids is 2. The maximum Gasteiger partial charge on any atom is 0.269 e. The summed E-state index contributed by atoms with van der Waals surface area (Å²) in [5.41, 5.74) is 7.25. The van der Waals surface area contributed by atoms with Crippen LogP contribution in [0.25, 0.3) is 0 Å². The number of hydrogen-bond acceptors (Lipinski definition) is 5. The fourth-order valence-electron chi connectivity index (χ4n) is 2.05. The highest BCUT2D eigenvalue weighted by atomic mass is 16.6. The van der Waals surface area contributed by atoms with E-state index >= 15 is 0 Å². The van der Waals surface area contributed by atoms with Crippen LogP contribution in [-0.4, -0.2) is 29.8 Å². The fourth-order valence-corrected chi connectivity index (χ4v) is 2.05. The summed E-state index contributed by atoms with van der Waals surface area (Å²) in [7, 11) is 0. The van der Waals surface area contributed by atoms with E-state index in [9.17, 15) is 19.7 Å². The van der Waals surface area contributed by atoms with Gasteiger partial charge in [-0.2, -0.15) is 0 Å². The van der Waals surface area contributed by atoms with Crippen LogP contribution in [-0.2, 0) is 0 Å². The Morgan fingerprint density at radius 1 is 0.857 bits per heavy atom. The summed E-state index contributed by atoms with van der Waals surface area (Å²) < 4.78 is 0. The molecule has 0 atom stereocenters. The van der Waals surface area contributed by atoms with Crippen LogP contribution in [0, 0.1) is 10.1 Å². The van der Waals surface area contributed by atoms with Crippen molar-refractivity contribution in [3.05, 3.63) is 69.8 Å². The minimum atomic E-state index is -0.492. The van der Waals surface area contributed by atoms with Crippen molar-refractivity contribution in [3.63, 3.8) is 0 Å². The first kappa shape index (κ1) is 22.6. The molecule has 0 bridgehead atoms. The lowest BCUT2D eigenvalue weighted by molar-refractivity contribution is -0.384.